The molecule has 0 unspecified atom stereocenters. The van der Waals surface area contributed by atoms with Crippen LogP contribution in [0.4, 0.5) is 11.4 Å². The van der Waals surface area contributed by atoms with Gasteiger partial charge in [-0.05, 0) is 74.4 Å². The van der Waals surface area contributed by atoms with Gasteiger partial charge >= 0.3 is 4.87 Å². The van der Waals surface area contributed by atoms with Crippen molar-refractivity contribution in [3.05, 3.63) is 87.0 Å². The van der Waals surface area contributed by atoms with Crippen molar-refractivity contribution in [2.24, 2.45) is 7.05 Å². The molecule has 0 bridgehead atoms. The van der Waals surface area contributed by atoms with Crippen molar-refractivity contribution < 1.29 is 13.2 Å². The Morgan fingerprint density at radius 1 is 0.971 bits per heavy atom. The summed E-state index contributed by atoms with van der Waals surface area (Å²) < 4.78 is 30.5. The van der Waals surface area contributed by atoms with Gasteiger partial charge in [0.2, 0.25) is 5.91 Å². The quantitative estimate of drug-likeness (QED) is 0.431. The van der Waals surface area contributed by atoms with Crippen LogP contribution in [-0.4, -0.2) is 25.4 Å². The molecule has 9 heteroatoms. The third kappa shape index (κ3) is 4.62. The van der Waals surface area contributed by atoms with E-state index in [0.717, 1.165) is 42.5 Å². The summed E-state index contributed by atoms with van der Waals surface area (Å²) >= 11 is 1.09. The van der Waals surface area contributed by atoms with Crippen LogP contribution in [0.25, 0.3) is 10.2 Å². The average molecular weight is 496 g/mol. The van der Waals surface area contributed by atoms with Crippen LogP contribution < -0.4 is 14.5 Å². The van der Waals surface area contributed by atoms with E-state index in [4.69, 9.17) is 0 Å². The summed E-state index contributed by atoms with van der Waals surface area (Å²) in [5.74, 6) is -0.489. The zero-order valence-electron chi connectivity index (χ0n) is 19.3. The van der Waals surface area contributed by atoms with Crippen molar-refractivity contribution in [1.29, 1.82) is 0 Å². The molecule has 0 spiro atoms. The molecule has 34 heavy (non-hydrogen) atoms. The van der Waals surface area contributed by atoms with Crippen LogP contribution in [-0.2, 0) is 21.9 Å². The molecule has 0 atom stereocenters. The lowest BCUT2D eigenvalue weighted by atomic mass is 10.1. The number of carbonyl (C=O) groups is 1. The Morgan fingerprint density at radius 2 is 1.68 bits per heavy atom. The van der Waals surface area contributed by atoms with Crippen LogP contribution >= 0.6 is 11.3 Å². The molecule has 0 saturated heterocycles. The van der Waals surface area contributed by atoms with E-state index in [-0.39, 0.29) is 9.77 Å². The summed E-state index contributed by atoms with van der Waals surface area (Å²) in [5, 5.41) is 2.77. The molecule has 0 aliphatic carbocycles. The van der Waals surface area contributed by atoms with Crippen molar-refractivity contribution in [1.82, 2.24) is 4.57 Å². The van der Waals surface area contributed by atoms with Gasteiger partial charge in [0.1, 0.15) is 6.54 Å². The third-order valence-corrected chi connectivity index (χ3v) is 8.53. The molecule has 1 amide bonds. The zero-order chi connectivity index (χ0) is 24.6. The molecule has 0 radical (unpaired) electrons. The second kappa shape index (κ2) is 9.08. The first-order chi connectivity index (χ1) is 16.1. The van der Waals surface area contributed by atoms with Crippen LogP contribution in [0.15, 0.2) is 70.4 Å². The summed E-state index contributed by atoms with van der Waals surface area (Å²) in [6.45, 7) is 5.32. The fourth-order valence-electron chi connectivity index (χ4n) is 3.58. The van der Waals surface area contributed by atoms with E-state index >= 15 is 0 Å². The normalized spacial score (nSPS) is 11.5. The Balaban J connectivity index is 1.67. The molecule has 1 N–H and O–H groups in total. The topological polar surface area (TPSA) is 88.5 Å². The van der Waals surface area contributed by atoms with Crippen molar-refractivity contribution in [3.8, 4) is 0 Å². The van der Waals surface area contributed by atoms with E-state index in [1.807, 2.05) is 26.8 Å². The highest BCUT2D eigenvalue weighted by Crippen LogP contribution is 2.27. The lowest BCUT2D eigenvalue weighted by Crippen LogP contribution is -2.38. The number of thiazole rings is 1. The minimum Gasteiger partial charge on any atom is -0.324 e. The summed E-state index contributed by atoms with van der Waals surface area (Å²) in [4.78, 5) is 24.9. The van der Waals surface area contributed by atoms with Gasteiger partial charge in [0.05, 0.1) is 20.8 Å². The van der Waals surface area contributed by atoms with Crippen molar-refractivity contribution >= 4 is 48.9 Å². The number of anilines is 2. The number of benzene rings is 3. The average Bonchev–Trinajstić information content (AvgIpc) is 3.07. The van der Waals surface area contributed by atoms with E-state index in [0.29, 0.717) is 11.4 Å². The van der Waals surface area contributed by atoms with Crippen LogP contribution in [0.2, 0.25) is 0 Å². The second-order valence-electron chi connectivity index (χ2n) is 8.25. The number of fused-ring (bicyclic) bond motifs is 1. The molecule has 4 rings (SSSR count). The molecule has 0 aliphatic heterocycles. The molecule has 176 valence electrons. The van der Waals surface area contributed by atoms with E-state index in [1.165, 1.54) is 0 Å². The molecule has 0 saturated carbocycles. The number of nitrogens with zero attached hydrogens (tertiary/aromatic N) is 2. The van der Waals surface area contributed by atoms with Crippen LogP contribution in [0, 0.1) is 20.8 Å². The zero-order valence-corrected chi connectivity index (χ0v) is 21.0. The fraction of sp³-hybridized carbons (Fsp3) is 0.200. The van der Waals surface area contributed by atoms with E-state index in [2.05, 4.69) is 5.32 Å². The highest BCUT2D eigenvalue weighted by molar-refractivity contribution is 7.92. The summed E-state index contributed by atoms with van der Waals surface area (Å²) in [7, 11) is -2.30. The standard InChI is InChI=1S/C25H25N3O4S2/c1-16-5-10-21(11-6-16)34(31,32)28(20-9-7-17(2)18(3)13-20)15-24(29)26-19-8-12-22-23(14-19)33-25(30)27(22)4/h5-14H,15H2,1-4H3,(H,26,29). The molecule has 1 aromatic heterocycles. The van der Waals surface area contributed by atoms with Crippen LogP contribution in [0.3, 0.4) is 0 Å². The molecular formula is C25H25N3O4S2. The monoisotopic (exact) mass is 495 g/mol. The number of aryl methyl sites for hydroxylation is 4. The van der Waals surface area contributed by atoms with Gasteiger partial charge < -0.3 is 9.88 Å². The SMILES string of the molecule is Cc1ccc(S(=O)(=O)N(CC(=O)Nc2ccc3c(c2)sc(=O)n3C)c2ccc(C)c(C)c2)cc1. The summed E-state index contributed by atoms with van der Waals surface area (Å²) in [5.41, 5.74) is 4.56. The van der Waals surface area contributed by atoms with Gasteiger partial charge in [-0.1, -0.05) is 35.1 Å². The Labute approximate surface area is 202 Å². The maximum Gasteiger partial charge on any atom is 0.307 e. The largest absolute Gasteiger partial charge is 0.324 e. The minimum atomic E-state index is -3.99. The Hall–Kier alpha value is -3.43. The number of carbonyl (C=O) groups excluding carboxylic acids is 1. The lowest BCUT2D eigenvalue weighted by molar-refractivity contribution is -0.114. The number of hydrogen-bond acceptors (Lipinski definition) is 5. The third-order valence-electron chi connectivity index (χ3n) is 5.75. The van der Waals surface area contributed by atoms with Gasteiger partial charge in [-0.15, -0.1) is 0 Å². The fourth-order valence-corrected chi connectivity index (χ4v) is 5.91. The number of nitrogens with one attached hydrogen (secondary N) is 1. The molecule has 0 aliphatic rings. The van der Waals surface area contributed by atoms with E-state index in [1.54, 1.807) is 66.2 Å². The Kier molecular flexibility index (Phi) is 6.33. The smallest absolute Gasteiger partial charge is 0.307 e. The van der Waals surface area contributed by atoms with Gasteiger partial charge in [-0.25, -0.2) is 8.42 Å². The number of hydrogen-bond donors (Lipinski definition) is 1. The van der Waals surface area contributed by atoms with E-state index < -0.39 is 22.5 Å². The van der Waals surface area contributed by atoms with Gasteiger partial charge in [-0.2, -0.15) is 0 Å². The van der Waals surface area contributed by atoms with Crippen molar-refractivity contribution in [2.75, 3.05) is 16.2 Å². The van der Waals surface area contributed by atoms with Crippen molar-refractivity contribution in [2.45, 2.75) is 25.7 Å². The summed E-state index contributed by atoms with van der Waals surface area (Å²) in [6, 6.07) is 17.0. The predicted molar refractivity (Wildman–Crippen MR) is 137 cm³/mol. The minimum absolute atomic E-state index is 0.0939. The Bertz CT molecular complexity index is 1550. The number of amides is 1. The van der Waals surface area contributed by atoms with Crippen LogP contribution in [0.5, 0.6) is 0 Å². The maximum absolute atomic E-state index is 13.6. The highest BCUT2D eigenvalue weighted by atomic mass is 32.2. The van der Waals surface area contributed by atoms with Gasteiger partial charge in [0.15, 0.2) is 0 Å². The van der Waals surface area contributed by atoms with Crippen molar-refractivity contribution in [3.63, 3.8) is 0 Å². The number of sulfonamides is 1. The number of aromatic nitrogens is 1. The second-order valence-corrected chi connectivity index (χ2v) is 11.1. The number of rotatable bonds is 6. The van der Waals surface area contributed by atoms with Gasteiger partial charge in [0, 0.05) is 12.7 Å². The molecule has 0 fully saturated rings. The molecule has 1 heterocycles. The Morgan fingerprint density at radius 3 is 2.35 bits per heavy atom. The lowest BCUT2D eigenvalue weighted by Gasteiger charge is -2.25. The van der Waals surface area contributed by atoms with Crippen LogP contribution in [0.1, 0.15) is 16.7 Å². The first kappa shape index (κ1) is 23.7. The maximum atomic E-state index is 13.6. The molecule has 3 aromatic carbocycles. The summed E-state index contributed by atoms with van der Waals surface area (Å²) in [6.07, 6.45) is 0. The first-order valence-electron chi connectivity index (χ1n) is 10.6. The van der Waals surface area contributed by atoms with E-state index in [9.17, 15) is 18.0 Å². The first-order valence-corrected chi connectivity index (χ1v) is 12.9. The highest BCUT2D eigenvalue weighted by Gasteiger charge is 2.27. The van der Waals surface area contributed by atoms with Gasteiger partial charge in [0.25, 0.3) is 10.0 Å². The van der Waals surface area contributed by atoms with Gasteiger partial charge in [-0.3, -0.25) is 13.9 Å². The molecule has 4 aromatic rings. The predicted octanol–water partition coefficient (Wildman–Crippen LogP) is 4.36. The molecule has 7 nitrogen and oxygen atoms in total. The molecular weight excluding hydrogens is 470 g/mol.